The van der Waals surface area contributed by atoms with Gasteiger partial charge >= 0.3 is 0 Å². The largest absolute Gasteiger partial charge is 0.484 e. The number of fused-ring (bicyclic) bond motifs is 1. The van der Waals surface area contributed by atoms with Crippen LogP contribution in [0.15, 0.2) is 36.5 Å². The molecule has 1 aliphatic heterocycles. The number of nitrogens with zero attached hydrogens (tertiary/aromatic N) is 3. The van der Waals surface area contributed by atoms with Crippen molar-refractivity contribution in [2.75, 3.05) is 11.4 Å². The number of amides is 1. The number of para-hydroxylation sites is 2. The molecule has 4 rings (SSSR count). The molecule has 0 unspecified atom stereocenters. The first-order chi connectivity index (χ1) is 11.0. The Labute approximate surface area is 135 Å². The zero-order chi connectivity index (χ0) is 16.0. The summed E-state index contributed by atoms with van der Waals surface area (Å²) in [6.45, 7) is 4.46. The Bertz CT molecular complexity index is 768. The van der Waals surface area contributed by atoms with Crippen molar-refractivity contribution in [2.45, 2.75) is 38.2 Å². The number of carbonyl (C=O) groups is 1. The van der Waals surface area contributed by atoms with Gasteiger partial charge < -0.3 is 4.74 Å². The number of ether oxygens (including phenoxy) is 1. The van der Waals surface area contributed by atoms with Crippen molar-refractivity contribution in [3.63, 3.8) is 0 Å². The summed E-state index contributed by atoms with van der Waals surface area (Å²) >= 11 is 0. The number of carbonyl (C=O) groups excluding carboxylic acids is 1. The van der Waals surface area contributed by atoms with Gasteiger partial charge in [-0.3, -0.25) is 9.69 Å². The highest BCUT2D eigenvalue weighted by Crippen LogP contribution is 2.39. The zero-order valence-electron chi connectivity index (χ0n) is 13.3. The molecule has 23 heavy (non-hydrogen) atoms. The maximum absolute atomic E-state index is 13.0. The molecule has 1 fully saturated rings. The molecule has 2 heterocycles. The highest BCUT2D eigenvalue weighted by molar-refractivity contribution is 6.06. The summed E-state index contributed by atoms with van der Waals surface area (Å²) in [6, 6.07) is 9.33. The molecule has 1 saturated carbocycles. The van der Waals surface area contributed by atoms with Crippen molar-refractivity contribution < 1.29 is 9.53 Å². The smallest absolute Gasteiger partial charge is 0.277 e. The van der Waals surface area contributed by atoms with Gasteiger partial charge in [0.25, 0.3) is 5.91 Å². The standard InChI is InChI=1S/C18H19N3O2/c1-18(2)11-21(14-5-3-4-6-15(14)23-18)17(22)13-9-10-19-16(20-13)12-7-8-12/h3-6,9-10,12H,7-8,11H2,1-2H3. The van der Waals surface area contributed by atoms with E-state index < -0.39 is 5.60 Å². The molecular weight excluding hydrogens is 290 g/mol. The number of benzene rings is 1. The minimum atomic E-state index is -0.434. The number of rotatable bonds is 2. The van der Waals surface area contributed by atoms with E-state index in [0.717, 1.165) is 30.1 Å². The van der Waals surface area contributed by atoms with Crippen LogP contribution in [0, 0.1) is 0 Å². The molecule has 0 saturated heterocycles. The average molecular weight is 309 g/mol. The Kier molecular flexibility index (Phi) is 3.11. The minimum absolute atomic E-state index is 0.0990. The van der Waals surface area contributed by atoms with Crippen LogP contribution in [-0.2, 0) is 0 Å². The van der Waals surface area contributed by atoms with E-state index in [1.54, 1.807) is 17.2 Å². The van der Waals surface area contributed by atoms with Crippen LogP contribution in [0.1, 0.15) is 48.9 Å². The summed E-state index contributed by atoms with van der Waals surface area (Å²) in [5.74, 6) is 1.85. The van der Waals surface area contributed by atoms with E-state index in [2.05, 4.69) is 9.97 Å². The van der Waals surface area contributed by atoms with E-state index in [4.69, 9.17) is 4.74 Å². The first-order valence-electron chi connectivity index (χ1n) is 7.96. The van der Waals surface area contributed by atoms with E-state index in [-0.39, 0.29) is 5.91 Å². The summed E-state index contributed by atoms with van der Waals surface area (Å²) in [5.41, 5.74) is 0.814. The second-order valence-electron chi connectivity index (χ2n) is 6.80. The molecular formula is C18H19N3O2. The van der Waals surface area contributed by atoms with Gasteiger partial charge in [-0.1, -0.05) is 12.1 Å². The normalized spacial score (nSPS) is 19.0. The lowest BCUT2D eigenvalue weighted by Crippen LogP contribution is -2.49. The van der Waals surface area contributed by atoms with Crippen LogP contribution in [0.25, 0.3) is 0 Å². The molecule has 0 atom stereocenters. The van der Waals surface area contributed by atoms with E-state index in [1.807, 2.05) is 38.1 Å². The molecule has 2 aromatic rings. The zero-order valence-corrected chi connectivity index (χ0v) is 13.3. The van der Waals surface area contributed by atoms with Gasteiger partial charge in [0.05, 0.1) is 12.2 Å². The van der Waals surface area contributed by atoms with Gasteiger partial charge in [-0.2, -0.15) is 0 Å². The second-order valence-corrected chi connectivity index (χ2v) is 6.80. The van der Waals surface area contributed by atoms with Crippen LogP contribution < -0.4 is 9.64 Å². The Morgan fingerprint density at radius 3 is 2.83 bits per heavy atom. The van der Waals surface area contributed by atoms with Crippen LogP contribution in [0.5, 0.6) is 5.75 Å². The monoisotopic (exact) mass is 309 g/mol. The summed E-state index contributed by atoms with van der Waals surface area (Å²) in [4.78, 5) is 23.6. The predicted molar refractivity (Wildman–Crippen MR) is 86.8 cm³/mol. The molecule has 0 radical (unpaired) electrons. The maximum Gasteiger partial charge on any atom is 0.277 e. The van der Waals surface area contributed by atoms with Crippen LogP contribution in [0.4, 0.5) is 5.69 Å². The first kappa shape index (κ1) is 14.2. The molecule has 0 bridgehead atoms. The molecule has 0 N–H and O–H groups in total. The number of hydrogen-bond donors (Lipinski definition) is 0. The van der Waals surface area contributed by atoms with E-state index in [0.29, 0.717) is 18.2 Å². The Morgan fingerprint density at radius 2 is 2.04 bits per heavy atom. The summed E-state index contributed by atoms with van der Waals surface area (Å²) in [5, 5.41) is 0. The lowest BCUT2D eigenvalue weighted by atomic mass is 10.0. The fraction of sp³-hybridized carbons (Fsp3) is 0.389. The van der Waals surface area contributed by atoms with E-state index >= 15 is 0 Å². The first-order valence-corrected chi connectivity index (χ1v) is 7.96. The van der Waals surface area contributed by atoms with Gasteiger partial charge in [0, 0.05) is 12.1 Å². The van der Waals surface area contributed by atoms with Crippen LogP contribution in [0.3, 0.4) is 0 Å². The van der Waals surface area contributed by atoms with Gasteiger partial charge in [0.2, 0.25) is 0 Å². The third-order valence-electron chi connectivity index (χ3n) is 4.16. The predicted octanol–water partition coefficient (Wildman–Crippen LogP) is 3.17. The molecule has 118 valence electrons. The van der Waals surface area contributed by atoms with Crippen molar-refractivity contribution in [2.24, 2.45) is 0 Å². The molecule has 5 heteroatoms. The van der Waals surface area contributed by atoms with Gasteiger partial charge in [-0.05, 0) is 44.9 Å². The second kappa shape index (κ2) is 5.05. The Hall–Kier alpha value is -2.43. The quantitative estimate of drug-likeness (QED) is 0.855. The van der Waals surface area contributed by atoms with Gasteiger partial charge in [-0.25, -0.2) is 9.97 Å². The molecule has 1 aromatic heterocycles. The third kappa shape index (κ3) is 2.67. The SMILES string of the molecule is CC1(C)CN(C(=O)c2ccnc(C3CC3)n2)c2ccccc2O1. The van der Waals surface area contributed by atoms with Crippen molar-refractivity contribution in [3.8, 4) is 5.75 Å². The van der Waals surface area contributed by atoms with Gasteiger partial charge in [0.15, 0.2) is 0 Å². The van der Waals surface area contributed by atoms with Crippen LogP contribution in [-0.4, -0.2) is 28.0 Å². The summed E-state index contributed by atoms with van der Waals surface area (Å²) in [7, 11) is 0. The van der Waals surface area contributed by atoms with Crippen molar-refractivity contribution >= 4 is 11.6 Å². The highest BCUT2D eigenvalue weighted by Gasteiger charge is 2.36. The topological polar surface area (TPSA) is 55.3 Å². The third-order valence-corrected chi connectivity index (χ3v) is 4.16. The van der Waals surface area contributed by atoms with E-state index in [1.165, 1.54) is 0 Å². The number of hydrogen-bond acceptors (Lipinski definition) is 4. The summed E-state index contributed by atoms with van der Waals surface area (Å²) in [6.07, 6.45) is 3.92. The number of anilines is 1. The van der Waals surface area contributed by atoms with Crippen molar-refractivity contribution in [1.29, 1.82) is 0 Å². The van der Waals surface area contributed by atoms with E-state index in [9.17, 15) is 4.79 Å². The molecule has 0 spiro atoms. The summed E-state index contributed by atoms with van der Waals surface area (Å²) < 4.78 is 5.98. The highest BCUT2D eigenvalue weighted by atomic mass is 16.5. The van der Waals surface area contributed by atoms with Crippen molar-refractivity contribution in [1.82, 2.24) is 9.97 Å². The lowest BCUT2D eigenvalue weighted by molar-refractivity contribution is 0.0833. The molecule has 2 aliphatic rings. The molecule has 5 nitrogen and oxygen atoms in total. The van der Waals surface area contributed by atoms with Gasteiger partial charge in [0.1, 0.15) is 22.9 Å². The fourth-order valence-corrected chi connectivity index (χ4v) is 2.91. The fourth-order valence-electron chi connectivity index (χ4n) is 2.91. The maximum atomic E-state index is 13.0. The van der Waals surface area contributed by atoms with Crippen LogP contribution >= 0.6 is 0 Å². The Balaban J connectivity index is 1.71. The minimum Gasteiger partial charge on any atom is -0.484 e. The average Bonchev–Trinajstić information content (AvgIpc) is 3.37. The molecule has 1 amide bonds. The lowest BCUT2D eigenvalue weighted by Gasteiger charge is -2.39. The molecule has 1 aliphatic carbocycles. The Morgan fingerprint density at radius 1 is 1.26 bits per heavy atom. The van der Waals surface area contributed by atoms with Crippen LogP contribution in [0.2, 0.25) is 0 Å². The number of aromatic nitrogens is 2. The van der Waals surface area contributed by atoms with Crippen molar-refractivity contribution in [3.05, 3.63) is 48.0 Å². The molecule has 1 aromatic carbocycles. The van der Waals surface area contributed by atoms with Gasteiger partial charge in [-0.15, -0.1) is 0 Å².